The summed E-state index contributed by atoms with van der Waals surface area (Å²) in [6.07, 6.45) is 3.33. The molecule has 1 heteroatoms. The van der Waals surface area contributed by atoms with Crippen LogP contribution in [0.1, 0.15) is 53.9 Å². The summed E-state index contributed by atoms with van der Waals surface area (Å²) in [5, 5.41) is 7.93. The van der Waals surface area contributed by atoms with Crippen LogP contribution in [0.2, 0.25) is 0 Å². The molecule has 0 aliphatic carbocycles. The van der Waals surface area contributed by atoms with Gasteiger partial charge < -0.3 is 5.41 Å². The van der Waals surface area contributed by atoms with E-state index < -0.39 is 0 Å². The molecule has 0 fully saturated rings. The van der Waals surface area contributed by atoms with Gasteiger partial charge in [0.2, 0.25) is 0 Å². The molecule has 0 rings (SSSR count). The highest BCUT2D eigenvalue weighted by Crippen LogP contribution is 2.29. The normalized spacial score (nSPS) is 12.2. The van der Waals surface area contributed by atoms with Crippen LogP contribution in [0.15, 0.2) is 0 Å². The van der Waals surface area contributed by atoms with Crippen molar-refractivity contribution in [2.75, 3.05) is 0 Å². The second-order valence-corrected chi connectivity index (χ2v) is 4.46. The van der Waals surface area contributed by atoms with E-state index in [-0.39, 0.29) is 5.41 Å². The Morgan fingerprint density at radius 2 is 1.83 bits per heavy atom. The molecule has 0 aromatic carbocycles. The Hall–Kier alpha value is -0.330. The summed E-state index contributed by atoms with van der Waals surface area (Å²) in [7, 11) is 0. The van der Waals surface area contributed by atoms with Gasteiger partial charge in [0, 0.05) is 11.1 Å². The summed E-state index contributed by atoms with van der Waals surface area (Å²) in [6, 6.07) is 0. The van der Waals surface area contributed by atoms with Gasteiger partial charge >= 0.3 is 0 Å². The molecule has 12 heavy (non-hydrogen) atoms. The molecule has 1 N–H and O–H groups in total. The second kappa shape index (κ2) is 4.64. The van der Waals surface area contributed by atoms with E-state index in [2.05, 4.69) is 34.6 Å². The lowest BCUT2D eigenvalue weighted by Gasteiger charge is -2.30. The van der Waals surface area contributed by atoms with E-state index in [0.717, 1.165) is 18.6 Å². The van der Waals surface area contributed by atoms with E-state index in [4.69, 9.17) is 5.41 Å². The third kappa shape index (κ3) is 2.96. The van der Waals surface area contributed by atoms with Crippen LogP contribution in [-0.4, -0.2) is 5.71 Å². The van der Waals surface area contributed by atoms with Gasteiger partial charge in [0.25, 0.3) is 0 Å². The molecule has 0 spiro atoms. The largest absolute Gasteiger partial charge is 0.309 e. The fraction of sp³-hybridized carbons (Fsp3) is 0.909. The third-order valence-corrected chi connectivity index (χ3v) is 3.00. The topological polar surface area (TPSA) is 23.9 Å². The lowest BCUT2D eigenvalue weighted by atomic mass is 9.75. The van der Waals surface area contributed by atoms with E-state index in [0.29, 0.717) is 5.92 Å². The Bertz CT molecular complexity index is 145. The summed E-state index contributed by atoms with van der Waals surface area (Å²) in [6.45, 7) is 10.9. The van der Waals surface area contributed by atoms with Gasteiger partial charge in [0.05, 0.1) is 0 Å². The average Bonchev–Trinajstić information content (AvgIpc) is 1.99. The van der Waals surface area contributed by atoms with Gasteiger partial charge in [-0.3, -0.25) is 0 Å². The van der Waals surface area contributed by atoms with Gasteiger partial charge in [-0.2, -0.15) is 0 Å². The predicted octanol–water partition coefficient (Wildman–Crippen LogP) is 3.88. The van der Waals surface area contributed by atoms with Crippen molar-refractivity contribution in [3.8, 4) is 0 Å². The molecule has 0 bridgehead atoms. The zero-order valence-corrected chi connectivity index (χ0v) is 9.20. The molecule has 0 radical (unpaired) electrons. The number of hydrogen-bond acceptors (Lipinski definition) is 1. The van der Waals surface area contributed by atoms with Crippen molar-refractivity contribution in [3.05, 3.63) is 0 Å². The quantitative estimate of drug-likeness (QED) is 0.604. The van der Waals surface area contributed by atoms with E-state index in [1.54, 1.807) is 0 Å². The van der Waals surface area contributed by atoms with Crippen molar-refractivity contribution < 1.29 is 0 Å². The van der Waals surface area contributed by atoms with Crippen LogP contribution < -0.4 is 0 Å². The Kier molecular flexibility index (Phi) is 4.51. The second-order valence-electron chi connectivity index (χ2n) is 4.46. The predicted molar refractivity (Wildman–Crippen MR) is 55.9 cm³/mol. The van der Waals surface area contributed by atoms with E-state index in [9.17, 15) is 0 Å². The summed E-state index contributed by atoms with van der Waals surface area (Å²) in [5.41, 5.74) is 1.01. The fourth-order valence-corrected chi connectivity index (χ4v) is 1.02. The third-order valence-electron chi connectivity index (χ3n) is 3.00. The van der Waals surface area contributed by atoms with Crippen LogP contribution in [0.25, 0.3) is 0 Å². The van der Waals surface area contributed by atoms with E-state index >= 15 is 0 Å². The van der Waals surface area contributed by atoms with E-state index in [1.807, 2.05) is 0 Å². The summed E-state index contributed by atoms with van der Waals surface area (Å²) in [5.74, 6) is 0.571. The Balaban J connectivity index is 4.07. The zero-order chi connectivity index (χ0) is 9.78. The molecule has 0 atom stereocenters. The molecule has 0 aromatic rings. The molecule has 72 valence electrons. The lowest BCUT2D eigenvalue weighted by Crippen LogP contribution is -2.29. The average molecular weight is 169 g/mol. The van der Waals surface area contributed by atoms with Crippen molar-refractivity contribution >= 4 is 5.71 Å². The van der Waals surface area contributed by atoms with Crippen LogP contribution in [-0.2, 0) is 0 Å². The Morgan fingerprint density at radius 1 is 1.33 bits per heavy atom. The standard InChI is InChI=1S/C11H23N/c1-6-7-8-10(12)11(4,5)9(2)3/h9,12H,6-8H2,1-5H3. The first-order valence-corrected chi connectivity index (χ1v) is 5.00. The van der Waals surface area contributed by atoms with Crippen molar-refractivity contribution in [1.82, 2.24) is 0 Å². The van der Waals surface area contributed by atoms with Crippen molar-refractivity contribution in [3.63, 3.8) is 0 Å². The van der Waals surface area contributed by atoms with Crippen molar-refractivity contribution in [2.45, 2.75) is 53.9 Å². The summed E-state index contributed by atoms with van der Waals surface area (Å²) >= 11 is 0. The highest BCUT2D eigenvalue weighted by Gasteiger charge is 2.26. The first kappa shape index (κ1) is 11.7. The number of rotatable bonds is 5. The molecule has 0 unspecified atom stereocenters. The zero-order valence-electron chi connectivity index (χ0n) is 9.20. The molecule has 0 saturated heterocycles. The molecular formula is C11H23N. The highest BCUT2D eigenvalue weighted by atomic mass is 14.5. The van der Waals surface area contributed by atoms with Gasteiger partial charge in [0.15, 0.2) is 0 Å². The van der Waals surface area contributed by atoms with Crippen LogP contribution in [0.4, 0.5) is 0 Å². The monoisotopic (exact) mass is 169 g/mol. The van der Waals surface area contributed by atoms with Gasteiger partial charge in [-0.15, -0.1) is 0 Å². The minimum absolute atomic E-state index is 0.0924. The van der Waals surface area contributed by atoms with Crippen LogP contribution in [0, 0.1) is 16.7 Å². The molecule has 0 amide bonds. The molecule has 0 heterocycles. The van der Waals surface area contributed by atoms with Gasteiger partial charge in [-0.1, -0.05) is 41.0 Å². The van der Waals surface area contributed by atoms with Crippen LogP contribution >= 0.6 is 0 Å². The van der Waals surface area contributed by atoms with Gasteiger partial charge in [-0.05, 0) is 18.8 Å². The maximum atomic E-state index is 7.93. The number of nitrogens with one attached hydrogen (secondary N) is 1. The molecular weight excluding hydrogens is 146 g/mol. The molecule has 1 nitrogen and oxygen atoms in total. The van der Waals surface area contributed by atoms with Crippen molar-refractivity contribution in [1.29, 1.82) is 5.41 Å². The van der Waals surface area contributed by atoms with Crippen LogP contribution in [0.3, 0.4) is 0 Å². The minimum Gasteiger partial charge on any atom is -0.309 e. The van der Waals surface area contributed by atoms with Crippen molar-refractivity contribution in [2.24, 2.45) is 11.3 Å². The van der Waals surface area contributed by atoms with Crippen LogP contribution in [0.5, 0.6) is 0 Å². The van der Waals surface area contributed by atoms with Gasteiger partial charge in [0.1, 0.15) is 0 Å². The Labute approximate surface area is 77.1 Å². The smallest absolute Gasteiger partial charge is 0.0148 e. The summed E-state index contributed by atoms with van der Waals surface area (Å²) in [4.78, 5) is 0. The summed E-state index contributed by atoms with van der Waals surface area (Å²) < 4.78 is 0. The maximum Gasteiger partial charge on any atom is 0.0148 e. The SMILES string of the molecule is CCCCC(=N)C(C)(C)C(C)C. The highest BCUT2D eigenvalue weighted by molar-refractivity contribution is 5.86. The molecule has 0 saturated carbocycles. The molecule has 0 aromatic heterocycles. The first-order chi connectivity index (χ1) is 5.42. The number of hydrogen-bond donors (Lipinski definition) is 1. The van der Waals surface area contributed by atoms with E-state index in [1.165, 1.54) is 6.42 Å². The lowest BCUT2D eigenvalue weighted by molar-refractivity contribution is 0.356. The minimum atomic E-state index is 0.0924. The number of unbranched alkanes of at least 4 members (excludes halogenated alkanes) is 1. The molecule has 0 aliphatic heterocycles. The molecule has 0 aliphatic rings. The van der Waals surface area contributed by atoms with Gasteiger partial charge in [-0.25, -0.2) is 0 Å². The first-order valence-electron chi connectivity index (χ1n) is 5.00. The Morgan fingerprint density at radius 3 is 2.17 bits per heavy atom. The maximum absolute atomic E-state index is 7.93. The fourth-order valence-electron chi connectivity index (χ4n) is 1.02.